The van der Waals surface area contributed by atoms with Crippen LogP contribution < -0.4 is 9.88 Å². The summed E-state index contributed by atoms with van der Waals surface area (Å²) >= 11 is 0. The molecule has 0 spiro atoms. The largest absolute Gasteiger partial charge is 0.445 e. The summed E-state index contributed by atoms with van der Waals surface area (Å²) < 4.78 is 6.78. The van der Waals surface area contributed by atoms with E-state index in [1.807, 2.05) is 36.1 Å². The SMILES string of the molecule is CNC(=O)OCc1cc[n+](C)cc1. The molecule has 0 aliphatic rings. The van der Waals surface area contributed by atoms with E-state index in [1.54, 1.807) is 0 Å². The van der Waals surface area contributed by atoms with Gasteiger partial charge in [-0.25, -0.2) is 9.36 Å². The summed E-state index contributed by atoms with van der Waals surface area (Å²) in [4.78, 5) is 10.7. The van der Waals surface area contributed by atoms with Gasteiger partial charge in [0.2, 0.25) is 0 Å². The molecule has 0 atom stereocenters. The Balaban J connectivity index is 2.46. The summed E-state index contributed by atoms with van der Waals surface area (Å²) in [6.07, 6.45) is 3.40. The van der Waals surface area contributed by atoms with Crippen molar-refractivity contribution < 1.29 is 14.1 Å². The van der Waals surface area contributed by atoms with Crippen LogP contribution in [-0.2, 0) is 18.4 Å². The fourth-order valence-electron chi connectivity index (χ4n) is 0.849. The van der Waals surface area contributed by atoms with Gasteiger partial charge in [-0.05, 0) is 0 Å². The van der Waals surface area contributed by atoms with Gasteiger partial charge in [0, 0.05) is 24.7 Å². The summed E-state index contributed by atoms with van der Waals surface area (Å²) in [6.45, 7) is 0.306. The van der Waals surface area contributed by atoms with Crippen molar-refractivity contribution in [2.75, 3.05) is 7.05 Å². The van der Waals surface area contributed by atoms with Crippen molar-refractivity contribution in [1.82, 2.24) is 5.32 Å². The minimum Gasteiger partial charge on any atom is -0.445 e. The van der Waals surface area contributed by atoms with E-state index >= 15 is 0 Å². The second kappa shape index (κ2) is 4.45. The van der Waals surface area contributed by atoms with Gasteiger partial charge in [-0.2, -0.15) is 0 Å². The van der Waals surface area contributed by atoms with Gasteiger partial charge in [-0.15, -0.1) is 0 Å². The zero-order valence-electron chi connectivity index (χ0n) is 7.78. The predicted octanol–water partition coefficient (Wildman–Crippen LogP) is 0.367. The molecule has 0 aliphatic carbocycles. The van der Waals surface area contributed by atoms with Gasteiger partial charge in [-0.3, -0.25) is 0 Å². The number of carbonyl (C=O) groups is 1. The number of nitrogens with zero attached hydrogens (tertiary/aromatic N) is 1. The third-order valence-electron chi connectivity index (χ3n) is 1.62. The summed E-state index contributed by atoms with van der Waals surface area (Å²) in [5, 5.41) is 2.38. The summed E-state index contributed by atoms with van der Waals surface area (Å²) in [6, 6.07) is 3.81. The molecule has 0 aromatic carbocycles. The van der Waals surface area contributed by atoms with Crippen molar-refractivity contribution in [2.24, 2.45) is 7.05 Å². The summed E-state index contributed by atoms with van der Waals surface area (Å²) in [7, 11) is 3.47. The molecule has 0 saturated carbocycles. The lowest BCUT2D eigenvalue weighted by atomic mass is 10.3. The Morgan fingerprint density at radius 1 is 1.54 bits per heavy atom. The van der Waals surface area contributed by atoms with Crippen LogP contribution in [0.15, 0.2) is 24.5 Å². The van der Waals surface area contributed by atoms with E-state index in [-0.39, 0.29) is 0 Å². The molecule has 0 fully saturated rings. The fraction of sp³-hybridized carbons (Fsp3) is 0.333. The average molecular weight is 181 g/mol. The molecule has 4 heteroatoms. The number of aromatic nitrogens is 1. The molecule has 0 saturated heterocycles. The van der Waals surface area contributed by atoms with Crippen molar-refractivity contribution in [3.8, 4) is 0 Å². The van der Waals surface area contributed by atoms with Gasteiger partial charge in [-0.1, -0.05) is 0 Å². The van der Waals surface area contributed by atoms with E-state index in [4.69, 9.17) is 4.74 Å². The van der Waals surface area contributed by atoms with Crippen LogP contribution in [-0.4, -0.2) is 13.1 Å². The Morgan fingerprint density at radius 3 is 2.69 bits per heavy atom. The normalized spacial score (nSPS) is 9.38. The molecule has 1 amide bonds. The molecule has 0 bridgehead atoms. The predicted molar refractivity (Wildman–Crippen MR) is 46.9 cm³/mol. The van der Waals surface area contributed by atoms with Crippen LogP contribution in [0.4, 0.5) is 4.79 Å². The zero-order chi connectivity index (χ0) is 9.68. The van der Waals surface area contributed by atoms with Crippen molar-refractivity contribution >= 4 is 6.09 Å². The molecular formula is C9H13N2O2+. The highest BCUT2D eigenvalue weighted by atomic mass is 16.5. The van der Waals surface area contributed by atoms with Crippen LogP contribution in [0.1, 0.15) is 5.56 Å². The number of pyridine rings is 1. The average Bonchev–Trinajstić information content (AvgIpc) is 2.16. The Morgan fingerprint density at radius 2 is 2.15 bits per heavy atom. The van der Waals surface area contributed by atoms with Gasteiger partial charge < -0.3 is 10.1 Å². The molecule has 1 aromatic heterocycles. The van der Waals surface area contributed by atoms with Gasteiger partial charge in [0.25, 0.3) is 0 Å². The van der Waals surface area contributed by atoms with Gasteiger partial charge in [0.15, 0.2) is 12.4 Å². The number of rotatable bonds is 2. The molecule has 4 nitrogen and oxygen atoms in total. The standard InChI is InChI=1S/C9H12N2O2/c1-10-9(12)13-7-8-3-5-11(2)6-4-8/h3-6H,7H2,1-2H3/p+1. The van der Waals surface area contributed by atoms with Crippen LogP contribution in [0.2, 0.25) is 0 Å². The lowest BCUT2D eigenvalue weighted by Crippen LogP contribution is -2.26. The van der Waals surface area contributed by atoms with Crippen LogP contribution in [0.25, 0.3) is 0 Å². The van der Waals surface area contributed by atoms with Gasteiger partial charge in [0.05, 0.1) is 0 Å². The van der Waals surface area contributed by atoms with Crippen molar-refractivity contribution in [2.45, 2.75) is 6.61 Å². The lowest BCUT2D eigenvalue weighted by Gasteiger charge is -2.02. The molecule has 70 valence electrons. The van der Waals surface area contributed by atoms with E-state index in [2.05, 4.69) is 5.32 Å². The van der Waals surface area contributed by atoms with Crippen molar-refractivity contribution in [3.63, 3.8) is 0 Å². The molecule has 1 aromatic rings. The Bertz CT molecular complexity index is 282. The third-order valence-corrected chi connectivity index (χ3v) is 1.62. The minimum atomic E-state index is -0.409. The minimum absolute atomic E-state index is 0.306. The molecule has 0 radical (unpaired) electrons. The highest BCUT2D eigenvalue weighted by Crippen LogP contribution is 1.97. The monoisotopic (exact) mass is 181 g/mol. The molecule has 13 heavy (non-hydrogen) atoms. The first-order chi connectivity index (χ1) is 6.22. The number of nitrogens with one attached hydrogen (secondary N) is 1. The quantitative estimate of drug-likeness (QED) is 0.670. The van der Waals surface area contributed by atoms with Crippen LogP contribution >= 0.6 is 0 Å². The van der Waals surface area contributed by atoms with Crippen molar-refractivity contribution in [3.05, 3.63) is 30.1 Å². The van der Waals surface area contributed by atoms with Crippen LogP contribution in [0.3, 0.4) is 0 Å². The number of amides is 1. The maximum atomic E-state index is 10.7. The second-order valence-electron chi connectivity index (χ2n) is 2.70. The first kappa shape index (κ1) is 9.51. The van der Waals surface area contributed by atoms with Gasteiger partial charge in [0.1, 0.15) is 13.7 Å². The molecule has 0 unspecified atom stereocenters. The van der Waals surface area contributed by atoms with E-state index in [0.717, 1.165) is 5.56 Å². The number of hydrogen-bond acceptors (Lipinski definition) is 2. The Labute approximate surface area is 77.1 Å². The lowest BCUT2D eigenvalue weighted by molar-refractivity contribution is -0.671. The van der Waals surface area contributed by atoms with E-state index < -0.39 is 6.09 Å². The maximum Gasteiger partial charge on any atom is 0.407 e. The Kier molecular flexibility index (Phi) is 3.25. The zero-order valence-corrected chi connectivity index (χ0v) is 7.78. The first-order valence-corrected chi connectivity index (χ1v) is 4.01. The number of ether oxygens (including phenoxy) is 1. The first-order valence-electron chi connectivity index (χ1n) is 4.01. The molecule has 1 heterocycles. The molecule has 1 N–H and O–H groups in total. The number of aryl methyl sites for hydroxylation is 1. The van der Waals surface area contributed by atoms with Crippen LogP contribution in [0.5, 0.6) is 0 Å². The van der Waals surface area contributed by atoms with E-state index in [0.29, 0.717) is 6.61 Å². The molecule has 0 aliphatic heterocycles. The molecular weight excluding hydrogens is 168 g/mol. The molecule has 1 rings (SSSR count). The van der Waals surface area contributed by atoms with Gasteiger partial charge >= 0.3 is 6.09 Å². The Hall–Kier alpha value is -1.58. The van der Waals surface area contributed by atoms with Crippen molar-refractivity contribution in [1.29, 1.82) is 0 Å². The highest BCUT2D eigenvalue weighted by Gasteiger charge is 2.00. The highest BCUT2D eigenvalue weighted by molar-refractivity contribution is 5.66. The fourth-order valence-corrected chi connectivity index (χ4v) is 0.849. The maximum absolute atomic E-state index is 10.7. The smallest absolute Gasteiger partial charge is 0.407 e. The third kappa shape index (κ3) is 3.11. The van der Waals surface area contributed by atoms with Crippen LogP contribution in [0, 0.1) is 0 Å². The summed E-state index contributed by atoms with van der Waals surface area (Å²) in [5.74, 6) is 0. The van der Waals surface area contributed by atoms with E-state index in [9.17, 15) is 4.79 Å². The van der Waals surface area contributed by atoms with E-state index in [1.165, 1.54) is 7.05 Å². The number of hydrogen-bond donors (Lipinski definition) is 1. The number of alkyl carbamates (subject to hydrolysis) is 1. The summed E-state index contributed by atoms with van der Waals surface area (Å²) in [5.41, 5.74) is 0.974. The second-order valence-corrected chi connectivity index (χ2v) is 2.70. The number of carbonyl (C=O) groups excluding carboxylic acids is 1. The topological polar surface area (TPSA) is 42.2 Å².